The Balaban J connectivity index is 1.79. The van der Waals surface area contributed by atoms with Crippen molar-refractivity contribution in [1.82, 2.24) is 14.7 Å². The number of aliphatic hydroxyl groups excluding tert-OH is 1. The van der Waals surface area contributed by atoms with Crippen LogP contribution < -0.4 is 0 Å². The highest BCUT2D eigenvalue weighted by atomic mass is 19.1. The number of benzene rings is 1. The van der Waals surface area contributed by atoms with E-state index in [2.05, 4.69) is 4.90 Å². The van der Waals surface area contributed by atoms with Gasteiger partial charge in [0, 0.05) is 58.5 Å². The smallest absolute Gasteiger partial charge is 0.297 e. The average Bonchev–Trinajstić information content (AvgIpc) is 3.08. The number of ether oxygens (including phenoxy) is 1. The molecule has 35 heavy (non-hydrogen) atoms. The van der Waals surface area contributed by atoms with E-state index in [1.165, 1.54) is 45.5 Å². The lowest BCUT2D eigenvalue weighted by Gasteiger charge is -2.25. The predicted molar refractivity (Wildman–Crippen MR) is 127 cm³/mol. The summed E-state index contributed by atoms with van der Waals surface area (Å²) in [4.78, 5) is 42.6. The van der Waals surface area contributed by atoms with Gasteiger partial charge in [0.05, 0.1) is 18.4 Å². The summed E-state index contributed by atoms with van der Waals surface area (Å²) < 4.78 is 18.5. The zero-order valence-electron chi connectivity index (χ0n) is 20.0. The molecule has 1 aromatic rings. The number of carbonyl (C=O) groups excluding carboxylic acids is 3. The lowest BCUT2D eigenvalue weighted by molar-refractivity contribution is -0.142. The van der Waals surface area contributed by atoms with E-state index in [4.69, 9.17) is 10.1 Å². The van der Waals surface area contributed by atoms with Crippen molar-refractivity contribution in [2.45, 2.75) is 13.0 Å². The van der Waals surface area contributed by atoms with E-state index in [-0.39, 0.29) is 34.3 Å². The number of nitrogens with zero attached hydrogens (tertiary/aromatic N) is 3. The summed E-state index contributed by atoms with van der Waals surface area (Å²) in [6.07, 6.45) is 3.18. The van der Waals surface area contributed by atoms with Crippen LogP contribution in [0.4, 0.5) is 4.39 Å². The second kappa shape index (κ2) is 11.1. The minimum Gasteiger partial charge on any atom is -0.504 e. The molecule has 1 aliphatic carbocycles. The van der Waals surface area contributed by atoms with Crippen LogP contribution in [0.2, 0.25) is 0 Å². The molecule has 2 amide bonds. The van der Waals surface area contributed by atoms with Crippen molar-refractivity contribution in [3.05, 3.63) is 70.5 Å². The van der Waals surface area contributed by atoms with Crippen LogP contribution in [0.3, 0.4) is 0 Å². The van der Waals surface area contributed by atoms with Gasteiger partial charge in [0.25, 0.3) is 17.6 Å². The number of halogens is 1. The van der Waals surface area contributed by atoms with Gasteiger partial charge in [-0.3, -0.25) is 24.7 Å². The van der Waals surface area contributed by atoms with Gasteiger partial charge in [-0.1, -0.05) is 12.1 Å². The van der Waals surface area contributed by atoms with Gasteiger partial charge < -0.3 is 19.6 Å². The van der Waals surface area contributed by atoms with Crippen molar-refractivity contribution in [2.24, 2.45) is 0 Å². The highest BCUT2D eigenvalue weighted by molar-refractivity contribution is 6.43. The first-order valence-corrected chi connectivity index (χ1v) is 11.1. The Hall–Kier alpha value is -3.79. The van der Waals surface area contributed by atoms with Gasteiger partial charge in [-0.05, 0) is 30.2 Å². The standard InChI is InChI=1S/C25H29FN4O5/c1-28(2)25(34)23(32)22(31)18-13-19(21(35-3)14-20(18)27)24(33)30-10-4-9-29(11-12-30)15-16-5-7-17(26)8-6-16/h5-8,13-14,27,31H,4,9-12,15H2,1-3H3/b22-18-,27-20?. The highest BCUT2D eigenvalue weighted by Crippen LogP contribution is 2.26. The number of Topliss-reactive ketones (excluding diaryl/α,β-unsaturated/α-hetero) is 1. The summed E-state index contributed by atoms with van der Waals surface area (Å²) in [7, 11) is 4.11. The van der Waals surface area contributed by atoms with Gasteiger partial charge in [0.15, 0.2) is 5.76 Å². The van der Waals surface area contributed by atoms with Crippen LogP contribution in [-0.4, -0.2) is 90.5 Å². The molecule has 9 nitrogen and oxygen atoms in total. The second-order valence-corrected chi connectivity index (χ2v) is 8.52. The molecule has 1 heterocycles. The number of hydrogen-bond donors (Lipinski definition) is 2. The molecular weight excluding hydrogens is 455 g/mol. The molecular formula is C25H29FN4O5. The van der Waals surface area contributed by atoms with Crippen LogP contribution >= 0.6 is 0 Å². The molecule has 186 valence electrons. The summed E-state index contributed by atoms with van der Waals surface area (Å²) in [5.74, 6) is -3.53. The molecule has 1 saturated heterocycles. The average molecular weight is 485 g/mol. The lowest BCUT2D eigenvalue weighted by Crippen LogP contribution is -2.37. The SMILES string of the molecule is COC1=CC(=N)/C(=C(\O)C(=O)C(=O)N(C)C)C=C1C(=O)N1CCCN(Cc2ccc(F)cc2)CC1. The third kappa shape index (κ3) is 6.02. The van der Waals surface area contributed by atoms with Gasteiger partial charge in [-0.15, -0.1) is 0 Å². The molecule has 1 aromatic carbocycles. The molecule has 10 heteroatoms. The van der Waals surface area contributed by atoms with E-state index in [9.17, 15) is 23.9 Å². The van der Waals surface area contributed by atoms with Crippen LogP contribution in [0.25, 0.3) is 0 Å². The van der Waals surface area contributed by atoms with Crippen molar-refractivity contribution < 1.29 is 28.6 Å². The molecule has 2 N–H and O–H groups in total. The normalized spacial score (nSPS) is 18.3. The maximum absolute atomic E-state index is 13.4. The third-order valence-electron chi connectivity index (χ3n) is 5.84. The fraction of sp³-hybridized carbons (Fsp3) is 0.360. The molecule has 0 atom stereocenters. The Labute approximate surface area is 203 Å². The van der Waals surface area contributed by atoms with Crippen LogP contribution in [0, 0.1) is 11.2 Å². The monoisotopic (exact) mass is 484 g/mol. The number of aliphatic hydroxyl groups is 1. The van der Waals surface area contributed by atoms with Crippen molar-refractivity contribution in [3.63, 3.8) is 0 Å². The number of carbonyl (C=O) groups is 3. The third-order valence-corrected chi connectivity index (χ3v) is 5.84. The van der Waals surface area contributed by atoms with Crippen LogP contribution in [0.5, 0.6) is 0 Å². The summed E-state index contributed by atoms with van der Waals surface area (Å²) in [6.45, 7) is 2.89. The molecule has 0 radical (unpaired) electrons. The van der Waals surface area contributed by atoms with Crippen molar-refractivity contribution in [3.8, 4) is 0 Å². The van der Waals surface area contributed by atoms with Crippen LogP contribution in [0.1, 0.15) is 12.0 Å². The fourth-order valence-electron chi connectivity index (χ4n) is 3.89. The number of likely N-dealkylation sites (N-methyl/N-ethyl adjacent to an activating group) is 1. The Bertz CT molecular complexity index is 1120. The number of ketones is 1. The number of rotatable bonds is 6. The number of nitrogens with one attached hydrogen (secondary N) is 1. The fourth-order valence-corrected chi connectivity index (χ4v) is 3.89. The number of hydrogen-bond acceptors (Lipinski definition) is 7. The minimum atomic E-state index is -1.17. The predicted octanol–water partition coefficient (Wildman–Crippen LogP) is 1.82. The lowest BCUT2D eigenvalue weighted by atomic mass is 9.95. The molecule has 0 saturated carbocycles. The highest BCUT2D eigenvalue weighted by Gasteiger charge is 2.31. The molecule has 3 rings (SSSR count). The first-order chi connectivity index (χ1) is 16.6. The molecule has 0 bridgehead atoms. The van der Waals surface area contributed by atoms with Crippen molar-refractivity contribution in [1.29, 1.82) is 5.41 Å². The zero-order chi connectivity index (χ0) is 25.7. The largest absolute Gasteiger partial charge is 0.504 e. The van der Waals surface area contributed by atoms with E-state index < -0.39 is 17.4 Å². The summed E-state index contributed by atoms with van der Waals surface area (Å²) in [5.41, 5.74) is 0.591. The maximum atomic E-state index is 13.4. The molecule has 0 spiro atoms. The first kappa shape index (κ1) is 25.8. The number of allylic oxidation sites excluding steroid dienone is 3. The number of methoxy groups -OCH3 is 1. The molecule has 0 unspecified atom stereocenters. The van der Waals surface area contributed by atoms with Crippen molar-refractivity contribution >= 4 is 23.3 Å². The first-order valence-electron chi connectivity index (χ1n) is 11.1. The van der Waals surface area contributed by atoms with E-state index in [1.807, 2.05) is 0 Å². The van der Waals surface area contributed by atoms with E-state index in [0.29, 0.717) is 32.6 Å². The van der Waals surface area contributed by atoms with E-state index in [1.54, 1.807) is 17.0 Å². The van der Waals surface area contributed by atoms with E-state index in [0.717, 1.165) is 17.0 Å². The Kier molecular flexibility index (Phi) is 8.18. The topological polar surface area (TPSA) is 114 Å². The second-order valence-electron chi connectivity index (χ2n) is 8.52. The Morgan fingerprint density at radius 2 is 1.77 bits per heavy atom. The summed E-state index contributed by atoms with van der Waals surface area (Å²) >= 11 is 0. The molecule has 1 fully saturated rings. The minimum absolute atomic E-state index is 0.0853. The Morgan fingerprint density at radius 3 is 2.40 bits per heavy atom. The van der Waals surface area contributed by atoms with Crippen LogP contribution in [-0.2, 0) is 25.7 Å². The van der Waals surface area contributed by atoms with Gasteiger partial charge >= 0.3 is 0 Å². The number of amides is 2. The Morgan fingerprint density at radius 1 is 1.09 bits per heavy atom. The van der Waals surface area contributed by atoms with Gasteiger partial charge in [0.1, 0.15) is 11.6 Å². The van der Waals surface area contributed by atoms with Gasteiger partial charge in [0.2, 0.25) is 0 Å². The quantitative estimate of drug-likeness (QED) is 0.362. The van der Waals surface area contributed by atoms with E-state index >= 15 is 0 Å². The molecule has 0 aromatic heterocycles. The van der Waals surface area contributed by atoms with Gasteiger partial charge in [-0.2, -0.15) is 0 Å². The molecule has 2 aliphatic rings. The maximum Gasteiger partial charge on any atom is 0.297 e. The molecule has 1 aliphatic heterocycles. The zero-order valence-corrected chi connectivity index (χ0v) is 20.0. The van der Waals surface area contributed by atoms with Crippen LogP contribution in [0.15, 0.2) is 59.1 Å². The summed E-state index contributed by atoms with van der Waals surface area (Å²) in [5, 5.41) is 18.6. The van der Waals surface area contributed by atoms with Crippen molar-refractivity contribution in [2.75, 3.05) is 47.4 Å². The van der Waals surface area contributed by atoms with Gasteiger partial charge in [-0.25, -0.2) is 4.39 Å². The summed E-state index contributed by atoms with van der Waals surface area (Å²) in [6, 6.07) is 6.32.